The molecule has 18 heavy (non-hydrogen) atoms. The summed E-state index contributed by atoms with van der Waals surface area (Å²) in [5, 5.41) is 12.3. The summed E-state index contributed by atoms with van der Waals surface area (Å²) in [5.74, 6) is -1.35. The van der Waals surface area contributed by atoms with E-state index in [1.54, 1.807) is 6.92 Å². The molecule has 0 aliphatic carbocycles. The summed E-state index contributed by atoms with van der Waals surface area (Å²) in [6.45, 7) is 1.69. The summed E-state index contributed by atoms with van der Waals surface area (Å²) in [6.07, 6.45) is 0. The van der Waals surface area contributed by atoms with Gasteiger partial charge in [-0.25, -0.2) is 0 Å². The molecule has 0 saturated heterocycles. The van der Waals surface area contributed by atoms with E-state index >= 15 is 0 Å². The average molecular weight is 241 g/mol. The first-order valence-electron chi connectivity index (χ1n) is 5.82. The number of carboxylic acids is 1. The van der Waals surface area contributed by atoms with Crippen molar-refractivity contribution in [3.63, 3.8) is 0 Å². The second-order valence-electron chi connectivity index (χ2n) is 4.14. The van der Waals surface area contributed by atoms with Gasteiger partial charge in [-0.3, -0.25) is 4.79 Å². The van der Waals surface area contributed by atoms with Crippen molar-refractivity contribution in [2.45, 2.75) is 12.8 Å². The van der Waals surface area contributed by atoms with Crippen molar-refractivity contribution in [1.82, 2.24) is 0 Å². The second kappa shape index (κ2) is 5.36. The Morgan fingerprint density at radius 1 is 1.06 bits per heavy atom. The van der Waals surface area contributed by atoms with Crippen molar-refractivity contribution >= 4 is 17.3 Å². The van der Waals surface area contributed by atoms with Gasteiger partial charge in [-0.1, -0.05) is 36.4 Å². The Bertz CT molecular complexity index is 537. The molecule has 2 aromatic rings. The van der Waals surface area contributed by atoms with Crippen LogP contribution >= 0.6 is 0 Å². The Morgan fingerprint density at radius 2 is 1.67 bits per heavy atom. The van der Waals surface area contributed by atoms with Crippen LogP contribution in [0.25, 0.3) is 0 Å². The number of para-hydroxylation sites is 2. The number of hydrogen-bond acceptors (Lipinski definition) is 2. The standard InChI is InChI=1S/C15H15NO2/c1-11(15(17)18)13-9-5-6-10-14(13)16-12-7-3-2-4-8-12/h2-11,16H,1H3,(H,17,18). The molecule has 0 amide bonds. The van der Waals surface area contributed by atoms with Crippen molar-refractivity contribution in [2.24, 2.45) is 0 Å². The van der Waals surface area contributed by atoms with Crippen LogP contribution in [0.4, 0.5) is 11.4 Å². The number of hydrogen-bond donors (Lipinski definition) is 2. The van der Waals surface area contributed by atoms with Gasteiger partial charge in [0.15, 0.2) is 0 Å². The third kappa shape index (κ3) is 2.69. The zero-order valence-electron chi connectivity index (χ0n) is 10.1. The molecule has 2 aromatic carbocycles. The van der Waals surface area contributed by atoms with Crippen LogP contribution in [0.2, 0.25) is 0 Å². The molecule has 2 N–H and O–H groups in total. The Kier molecular flexibility index (Phi) is 3.63. The third-order valence-electron chi connectivity index (χ3n) is 2.85. The molecule has 0 saturated carbocycles. The highest BCUT2D eigenvalue weighted by molar-refractivity contribution is 5.79. The topological polar surface area (TPSA) is 49.3 Å². The molecule has 0 aliphatic rings. The second-order valence-corrected chi connectivity index (χ2v) is 4.14. The van der Waals surface area contributed by atoms with Gasteiger partial charge in [-0.05, 0) is 30.7 Å². The number of rotatable bonds is 4. The summed E-state index contributed by atoms with van der Waals surface area (Å²) in [7, 11) is 0. The van der Waals surface area contributed by atoms with E-state index < -0.39 is 11.9 Å². The van der Waals surface area contributed by atoms with Gasteiger partial charge in [0.05, 0.1) is 5.92 Å². The maximum atomic E-state index is 11.1. The summed E-state index contributed by atoms with van der Waals surface area (Å²) < 4.78 is 0. The van der Waals surface area contributed by atoms with Gasteiger partial charge in [0, 0.05) is 11.4 Å². The smallest absolute Gasteiger partial charge is 0.310 e. The fourth-order valence-electron chi connectivity index (χ4n) is 1.80. The number of carbonyl (C=O) groups is 1. The number of aliphatic carboxylic acids is 1. The predicted molar refractivity (Wildman–Crippen MR) is 72.2 cm³/mol. The van der Waals surface area contributed by atoms with Crippen LogP contribution in [0.1, 0.15) is 18.4 Å². The van der Waals surface area contributed by atoms with E-state index in [9.17, 15) is 4.79 Å². The summed E-state index contributed by atoms with van der Waals surface area (Å²) >= 11 is 0. The summed E-state index contributed by atoms with van der Waals surface area (Å²) in [5.41, 5.74) is 2.56. The molecule has 0 fully saturated rings. The third-order valence-corrected chi connectivity index (χ3v) is 2.85. The molecule has 3 nitrogen and oxygen atoms in total. The van der Waals surface area contributed by atoms with Crippen LogP contribution < -0.4 is 5.32 Å². The summed E-state index contributed by atoms with van der Waals surface area (Å²) in [4.78, 5) is 11.1. The molecule has 2 rings (SSSR count). The normalized spacial score (nSPS) is 11.8. The predicted octanol–water partition coefficient (Wildman–Crippen LogP) is 3.62. The molecule has 0 heterocycles. The van der Waals surface area contributed by atoms with E-state index in [0.29, 0.717) is 0 Å². The van der Waals surface area contributed by atoms with E-state index in [1.165, 1.54) is 0 Å². The molecule has 1 unspecified atom stereocenters. The first kappa shape index (κ1) is 12.2. The van der Waals surface area contributed by atoms with E-state index in [0.717, 1.165) is 16.9 Å². The zero-order valence-corrected chi connectivity index (χ0v) is 10.1. The maximum absolute atomic E-state index is 11.1. The number of nitrogens with one attached hydrogen (secondary N) is 1. The Morgan fingerprint density at radius 3 is 2.33 bits per heavy atom. The van der Waals surface area contributed by atoms with Crippen molar-refractivity contribution in [2.75, 3.05) is 5.32 Å². The minimum absolute atomic E-state index is 0.530. The van der Waals surface area contributed by atoms with Crippen molar-refractivity contribution < 1.29 is 9.90 Å². The van der Waals surface area contributed by atoms with Crippen LogP contribution in [0.15, 0.2) is 54.6 Å². The molecule has 0 radical (unpaired) electrons. The zero-order chi connectivity index (χ0) is 13.0. The van der Waals surface area contributed by atoms with Gasteiger partial charge in [-0.2, -0.15) is 0 Å². The number of carboxylic acid groups (broad SMARTS) is 1. The quantitative estimate of drug-likeness (QED) is 0.859. The van der Waals surface area contributed by atoms with Crippen molar-refractivity contribution in [3.05, 3.63) is 60.2 Å². The van der Waals surface area contributed by atoms with Gasteiger partial charge in [0.2, 0.25) is 0 Å². The van der Waals surface area contributed by atoms with Crippen LogP contribution in [-0.4, -0.2) is 11.1 Å². The van der Waals surface area contributed by atoms with E-state index in [1.807, 2.05) is 54.6 Å². The lowest BCUT2D eigenvalue weighted by atomic mass is 9.99. The van der Waals surface area contributed by atoms with Gasteiger partial charge in [-0.15, -0.1) is 0 Å². The molecule has 0 aromatic heterocycles. The highest BCUT2D eigenvalue weighted by atomic mass is 16.4. The molecule has 1 atom stereocenters. The SMILES string of the molecule is CC(C(=O)O)c1ccccc1Nc1ccccc1. The molecule has 0 aliphatic heterocycles. The fraction of sp³-hybridized carbons (Fsp3) is 0.133. The number of benzene rings is 2. The first-order valence-corrected chi connectivity index (χ1v) is 5.82. The van der Waals surface area contributed by atoms with Crippen LogP contribution in [0, 0.1) is 0 Å². The van der Waals surface area contributed by atoms with Crippen molar-refractivity contribution in [3.8, 4) is 0 Å². The molecule has 92 valence electrons. The van der Waals surface area contributed by atoms with Crippen LogP contribution in [-0.2, 0) is 4.79 Å². The largest absolute Gasteiger partial charge is 0.481 e. The number of anilines is 2. The molecule has 0 bridgehead atoms. The maximum Gasteiger partial charge on any atom is 0.310 e. The Labute approximate surface area is 106 Å². The van der Waals surface area contributed by atoms with Gasteiger partial charge in [0.1, 0.15) is 0 Å². The van der Waals surface area contributed by atoms with E-state index in [4.69, 9.17) is 5.11 Å². The molecule has 0 spiro atoms. The lowest BCUT2D eigenvalue weighted by molar-refractivity contribution is -0.138. The minimum atomic E-state index is -0.822. The van der Waals surface area contributed by atoms with Gasteiger partial charge in [0.25, 0.3) is 0 Å². The highest BCUT2D eigenvalue weighted by Crippen LogP contribution is 2.27. The van der Waals surface area contributed by atoms with Crippen molar-refractivity contribution in [1.29, 1.82) is 0 Å². The lowest BCUT2D eigenvalue weighted by Crippen LogP contribution is -2.09. The summed E-state index contributed by atoms with van der Waals surface area (Å²) in [6, 6.07) is 17.2. The lowest BCUT2D eigenvalue weighted by Gasteiger charge is -2.14. The Hall–Kier alpha value is -2.29. The first-order chi connectivity index (χ1) is 8.68. The molecular weight excluding hydrogens is 226 g/mol. The molecular formula is C15H15NO2. The minimum Gasteiger partial charge on any atom is -0.481 e. The fourth-order valence-corrected chi connectivity index (χ4v) is 1.80. The van der Waals surface area contributed by atoms with Crippen LogP contribution in [0.3, 0.4) is 0 Å². The van der Waals surface area contributed by atoms with E-state index in [-0.39, 0.29) is 0 Å². The van der Waals surface area contributed by atoms with Gasteiger partial charge >= 0.3 is 5.97 Å². The van der Waals surface area contributed by atoms with Gasteiger partial charge < -0.3 is 10.4 Å². The average Bonchev–Trinajstić information content (AvgIpc) is 2.39. The Balaban J connectivity index is 2.31. The monoisotopic (exact) mass is 241 g/mol. The van der Waals surface area contributed by atoms with E-state index in [2.05, 4.69) is 5.32 Å². The highest BCUT2D eigenvalue weighted by Gasteiger charge is 2.16. The van der Waals surface area contributed by atoms with Crippen LogP contribution in [0.5, 0.6) is 0 Å². The molecule has 3 heteroatoms.